The van der Waals surface area contributed by atoms with Gasteiger partial charge in [0.1, 0.15) is 0 Å². The number of aromatic carboxylic acids is 1. The number of carbonyl (C=O) groups is 1. The first-order valence-electron chi connectivity index (χ1n) is 6.07. The van der Waals surface area contributed by atoms with Crippen molar-refractivity contribution in [2.75, 3.05) is 0 Å². The molecular formula is C15H11N3O2. The third-order valence-electron chi connectivity index (χ3n) is 2.93. The van der Waals surface area contributed by atoms with Crippen molar-refractivity contribution in [2.45, 2.75) is 6.92 Å². The first-order chi connectivity index (χ1) is 9.63. The molecule has 5 nitrogen and oxygen atoms in total. The fourth-order valence-electron chi connectivity index (χ4n) is 2.02. The molecule has 0 aliphatic heterocycles. The summed E-state index contributed by atoms with van der Waals surface area (Å²) in [6, 6.07) is 10.9. The highest BCUT2D eigenvalue weighted by Gasteiger charge is 2.10. The Kier molecular flexibility index (Phi) is 2.87. The molecule has 0 bridgehead atoms. The molecule has 1 N–H and O–H groups in total. The quantitative estimate of drug-likeness (QED) is 0.771. The van der Waals surface area contributed by atoms with Crippen molar-refractivity contribution in [3.8, 4) is 11.4 Å². The smallest absolute Gasteiger partial charge is 0.354 e. The average molecular weight is 265 g/mol. The Balaban J connectivity index is 2.17. The Hall–Kier alpha value is -2.82. The zero-order valence-electron chi connectivity index (χ0n) is 10.7. The number of carboxylic acids is 1. The molecule has 0 saturated carbocycles. The van der Waals surface area contributed by atoms with E-state index in [-0.39, 0.29) is 5.69 Å². The van der Waals surface area contributed by atoms with Crippen LogP contribution < -0.4 is 0 Å². The fraction of sp³-hybridized carbons (Fsp3) is 0.0667. The van der Waals surface area contributed by atoms with Gasteiger partial charge in [-0.05, 0) is 37.3 Å². The van der Waals surface area contributed by atoms with Crippen LogP contribution in [0, 0.1) is 6.92 Å². The van der Waals surface area contributed by atoms with E-state index in [9.17, 15) is 4.79 Å². The van der Waals surface area contributed by atoms with Crippen molar-refractivity contribution >= 4 is 16.9 Å². The van der Waals surface area contributed by atoms with Crippen LogP contribution in [-0.2, 0) is 0 Å². The highest BCUT2D eigenvalue weighted by atomic mass is 16.4. The fourth-order valence-corrected chi connectivity index (χ4v) is 2.02. The molecule has 0 atom stereocenters. The van der Waals surface area contributed by atoms with Gasteiger partial charge >= 0.3 is 5.97 Å². The van der Waals surface area contributed by atoms with Crippen molar-refractivity contribution in [3.63, 3.8) is 0 Å². The standard InChI is InChI=1S/C15H11N3O2/c1-9-7-13(15(19)20)18-14(17-9)11-4-5-12-10(8-11)3-2-6-16-12/h2-8H,1H3,(H,19,20). The van der Waals surface area contributed by atoms with Gasteiger partial charge in [0, 0.05) is 22.8 Å². The highest BCUT2D eigenvalue weighted by molar-refractivity contribution is 5.87. The van der Waals surface area contributed by atoms with Crippen LogP contribution in [0.15, 0.2) is 42.6 Å². The Bertz CT molecular complexity index is 815. The normalized spacial score (nSPS) is 10.7. The van der Waals surface area contributed by atoms with Crippen LogP contribution in [-0.4, -0.2) is 26.0 Å². The van der Waals surface area contributed by atoms with Crippen molar-refractivity contribution in [2.24, 2.45) is 0 Å². The Labute approximate surface area is 115 Å². The summed E-state index contributed by atoms with van der Waals surface area (Å²) >= 11 is 0. The van der Waals surface area contributed by atoms with E-state index in [1.54, 1.807) is 13.1 Å². The molecule has 0 aliphatic carbocycles. The lowest BCUT2D eigenvalue weighted by atomic mass is 10.1. The SMILES string of the molecule is Cc1cc(C(=O)O)nc(-c2ccc3ncccc3c2)n1. The zero-order chi connectivity index (χ0) is 14.1. The summed E-state index contributed by atoms with van der Waals surface area (Å²) in [5, 5.41) is 10.0. The lowest BCUT2D eigenvalue weighted by Gasteiger charge is -2.05. The lowest BCUT2D eigenvalue weighted by molar-refractivity contribution is 0.0690. The van der Waals surface area contributed by atoms with Crippen molar-refractivity contribution in [3.05, 3.63) is 54.0 Å². The maximum atomic E-state index is 11.0. The van der Waals surface area contributed by atoms with Gasteiger partial charge in [-0.3, -0.25) is 4.98 Å². The number of fused-ring (bicyclic) bond motifs is 1. The number of pyridine rings is 1. The summed E-state index contributed by atoms with van der Waals surface area (Å²) in [5.74, 6) is -0.646. The largest absolute Gasteiger partial charge is 0.477 e. The molecule has 0 fully saturated rings. The van der Waals surface area contributed by atoms with Crippen LogP contribution in [0.25, 0.3) is 22.3 Å². The van der Waals surface area contributed by atoms with Gasteiger partial charge < -0.3 is 5.11 Å². The molecule has 20 heavy (non-hydrogen) atoms. The van der Waals surface area contributed by atoms with Gasteiger partial charge in [-0.25, -0.2) is 14.8 Å². The third-order valence-corrected chi connectivity index (χ3v) is 2.93. The number of aryl methyl sites for hydroxylation is 1. The number of hydrogen-bond acceptors (Lipinski definition) is 4. The van der Waals surface area contributed by atoms with Crippen LogP contribution >= 0.6 is 0 Å². The second-order valence-corrected chi connectivity index (χ2v) is 4.43. The van der Waals surface area contributed by atoms with E-state index in [0.717, 1.165) is 16.5 Å². The summed E-state index contributed by atoms with van der Waals surface area (Å²) in [7, 11) is 0. The van der Waals surface area contributed by atoms with E-state index < -0.39 is 5.97 Å². The first kappa shape index (κ1) is 12.2. The number of hydrogen-bond donors (Lipinski definition) is 1. The zero-order valence-corrected chi connectivity index (χ0v) is 10.7. The predicted molar refractivity (Wildman–Crippen MR) is 74.5 cm³/mol. The molecule has 0 spiro atoms. The van der Waals surface area contributed by atoms with Crippen LogP contribution in [0.1, 0.15) is 16.2 Å². The summed E-state index contributed by atoms with van der Waals surface area (Å²) in [6.07, 6.45) is 1.73. The molecule has 0 amide bonds. The number of aromatic nitrogens is 3. The van der Waals surface area contributed by atoms with Crippen LogP contribution in [0.2, 0.25) is 0 Å². The highest BCUT2D eigenvalue weighted by Crippen LogP contribution is 2.21. The van der Waals surface area contributed by atoms with Crippen LogP contribution in [0.5, 0.6) is 0 Å². The van der Waals surface area contributed by atoms with Gasteiger partial charge in [0.05, 0.1) is 5.52 Å². The molecule has 1 aromatic carbocycles. The maximum absolute atomic E-state index is 11.0. The second kappa shape index (κ2) is 4.70. The van der Waals surface area contributed by atoms with Gasteiger partial charge in [0.25, 0.3) is 0 Å². The first-order valence-corrected chi connectivity index (χ1v) is 6.07. The Morgan fingerprint density at radius 3 is 2.80 bits per heavy atom. The molecule has 3 rings (SSSR count). The van der Waals surface area contributed by atoms with E-state index >= 15 is 0 Å². The lowest BCUT2D eigenvalue weighted by Crippen LogP contribution is -2.04. The number of nitrogens with zero attached hydrogens (tertiary/aromatic N) is 3. The summed E-state index contributed by atoms with van der Waals surface area (Å²) in [5.41, 5.74) is 2.27. The summed E-state index contributed by atoms with van der Waals surface area (Å²) in [6.45, 7) is 1.75. The Morgan fingerprint density at radius 2 is 2.00 bits per heavy atom. The van der Waals surface area contributed by atoms with E-state index in [2.05, 4.69) is 15.0 Å². The number of benzene rings is 1. The molecule has 3 aromatic rings. The van der Waals surface area contributed by atoms with E-state index in [4.69, 9.17) is 5.11 Å². The maximum Gasteiger partial charge on any atom is 0.354 e. The minimum Gasteiger partial charge on any atom is -0.477 e. The minimum absolute atomic E-state index is 0.00113. The van der Waals surface area contributed by atoms with Crippen molar-refractivity contribution in [1.82, 2.24) is 15.0 Å². The molecule has 0 saturated heterocycles. The van der Waals surface area contributed by atoms with E-state index in [0.29, 0.717) is 11.5 Å². The Morgan fingerprint density at radius 1 is 1.15 bits per heavy atom. The monoisotopic (exact) mass is 265 g/mol. The molecule has 98 valence electrons. The van der Waals surface area contributed by atoms with E-state index in [1.807, 2.05) is 30.3 Å². The molecular weight excluding hydrogens is 254 g/mol. The topological polar surface area (TPSA) is 76.0 Å². The molecule has 2 aromatic heterocycles. The number of carboxylic acid groups (broad SMARTS) is 1. The second-order valence-electron chi connectivity index (χ2n) is 4.43. The third kappa shape index (κ3) is 2.21. The average Bonchev–Trinajstić information content (AvgIpc) is 2.46. The minimum atomic E-state index is -1.06. The van der Waals surface area contributed by atoms with Gasteiger partial charge in [0.15, 0.2) is 11.5 Å². The van der Waals surface area contributed by atoms with Gasteiger partial charge in [-0.2, -0.15) is 0 Å². The predicted octanol–water partition coefficient (Wildman–Crippen LogP) is 2.70. The molecule has 0 aliphatic rings. The summed E-state index contributed by atoms with van der Waals surface area (Å²) < 4.78 is 0. The molecule has 5 heteroatoms. The van der Waals surface area contributed by atoms with Gasteiger partial charge in [-0.15, -0.1) is 0 Å². The van der Waals surface area contributed by atoms with Gasteiger partial charge in [-0.1, -0.05) is 6.07 Å². The molecule has 0 radical (unpaired) electrons. The van der Waals surface area contributed by atoms with Crippen LogP contribution in [0.4, 0.5) is 0 Å². The van der Waals surface area contributed by atoms with Crippen molar-refractivity contribution < 1.29 is 9.90 Å². The van der Waals surface area contributed by atoms with Gasteiger partial charge in [0.2, 0.25) is 0 Å². The van der Waals surface area contributed by atoms with Crippen molar-refractivity contribution in [1.29, 1.82) is 0 Å². The summed E-state index contributed by atoms with van der Waals surface area (Å²) in [4.78, 5) is 23.7. The molecule has 2 heterocycles. The molecule has 0 unspecified atom stereocenters. The number of rotatable bonds is 2. The van der Waals surface area contributed by atoms with Crippen LogP contribution in [0.3, 0.4) is 0 Å². The van der Waals surface area contributed by atoms with E-state index in [1.165, 1.54) is 6.07 Å².